The topological polar surface area (TPSA) is 79.5 Å². The SMILES string of the molecule is Cc1c(C(=O)NC(C)C(C)C(=O)O)oc2ccc(Br)cc12. The van der Waals surface area contributed by atoms with Gasteiger partial charge in [0.2, 0.25) is 0 Å². The molecule has 0 radical (unpaired) electrons. The molecule has 2 N–H and O–H groups in total. The van der Waals surface area contributed by atoms with Crippen LogP contribution in [0.2, 0.25) is 0 Å². The minimum absolute atomic E-state index is 0.215. The van der Waals surface area contributed by atoms with Gasteiger partial charge < -0.3 is 14.8 Å². The fraction of sp³-hybridized carbons (Fsp3) is 0.333. The summed E-state index contributed by atoms with van der Waals surface area (Å²) in [7, 11) is 0. The molecule has 0 aliphatic carbocycles. The van der Waals surface area contributed by atoms with Gasteiger partial charge in [0.15, 0.2) is 5.76 Å². The molecule has 2 aromatic rings. The van der Waals surface area contributed by atoms with Gasteiger partial charge in [0, 0.05) is 21.5 Å². The second-order valence-electron chi connectivity index (χ2n) is 5.09. The average Bonchev–Trinajstić information content (AvgIpc) is 2.75. The molecule has 2 atom stereocenters. The lowest BCUT2D eigenvalue weighted by Crippen LogP contribution is -2.40. The van der Waals surface area contributed by atoms with Crippen LogP contribution in [-0.2, 0) is 4.79 Å². The van der Waals surface area contributed by atoms with Crippen molar-refractivity contribution >= 4 is 38.8 Å². The van der Waals surface area contributed by atoms with Crippen LogP contribution in [0.4, 0.5) is 0 Å². The van der Waals surface area contributed by atoms with E-state index in [-0.39, 0.29) is 5.76 Å². The number of hydrogen-bond acceptors (Lipinski definition) is 3. The fourth-order valence-corrected chi connectivity index (χ4v) is 2.38. The van der Waals surface area contributed by atoms with Crippen molar-refractivity contribution in [3.05, 3.63) is 34.0 Å². The highest BCUT2D eigenvalue weighted by Gasteiger charge is 2.24. The molecule has 2 rings (SSSR count). The van der Waals surface area contributed by atoms with Gasteiger partial charge in [-0.05, 0) is 39.0 Å². The second-order valence-corrected chi connectivity index (χ2v) is 6.00. The van der Waals surface area contributed by atoms with E-state index in [1.54, 1.807) is 26.8 Å². The first kappa shape index (κ1) is 15.6. The first-order valence-electron chi connectivity index (χ1n) is 6.53. The Hall–Kier alpha value is -1.82. The van der Waals surface area contributed by atoms with Gasteiger partial charge in [0.05, 0.1) is 5.92 Å². The zero-order chi connectivity index (χ0) is 15.7. The van der Waals surface area contributed by atoms with Crippen LogP contribution in [0.5, 0.6) is 0 Å². The normalized spacial score (nSPS) is 13.9. The number of halogens is 1. The number of aryl methyl sites for hydroxylation is 1. The number of carboxylic acids is 1. The number of carbonyl (C=O) groups is 2. The Morgan fingerprint density at radius 3 is 2.62 bits per heavy atom. The molecule has 112 valence electrons. The summed E-state index contributed by atoms with van der Waals surface area (Å²) in [6.07, 6.45) is 0. The molecule has 5 nitrogen and oxygen atoms in total. The van der Waals surface area contributed by atoms with E-state index in [1.165, 1.54) is 0 Å². The highest BCUT2D eigenvalue weighted by atomic mass is 79.9. The Morgan fingerprint density at radius 2 is 2.00 bits per heavy atom. The maximum atomic E-state index is 12.2. The zero-order valence-electron chi connectivity index (χ0n) is 11.9. The first-order chi connectivity index (χ1) is 9.81. The van der Waals surface area contributed by atoms with Crippen molar-refractivity contribution in [2.45, 2.75) is 26.8 Å². The predicted octanol–water partition coefficient (Wildman–Crippen LogP) is 3.34. The molecule has 1 amide bonds. The number of carbonyl (C=O) groups excluding carboxylic acids is 1. The lowest BCUT2D eigenvalue weighted by Gasteiger charge is -2.17. The van der Waals surface area contributed by atoms with Crippen LogP contribution in [0.1, 0.15) is 30.0 Å². The molecule has 0 saturated heterocycles. The van der Waals surface area contributed by atoms with Gasteiger partial charge in [-0.2, -0.15) is 0 Å². The van der Waals surface area contributed by atoms with E-state index in [0.717, 1.165) is 15.4 Å². The largest absolute Gasteiger partial charge is 0.481 e. The number of fused-ring (bicyclic) bond motifs is 1. The maximum absolute atomic E-state index is 12.2. The van der Waals surface area contributed by atoms with E-state index in [0.29, 0.717) is 5.58 Å². The van der Waals surface area contributed by atoms with E-state index >= 15 is 0 Å². The average molecular weight is 354 g/mol. The summed E-state index contributed by atoms with van der Waals surface area (Å²) >= 11 is 3.38. The maximum Gasteiger partial charge on any atom is 0.308 e. The molecule has 0 aliphatic rings. The summed E-state index contributed by atoms with van der Waals surface area (Å²) in [4.78, 5) is 23.2. The van der Waals surface area contributed by atoms with Gasteiger partial charge in [0.1, 0.15) is 5.58 Å². The molecule has 6 heteroatoms. The van der Waals surface area contributed by atoms with Crippen LogP contribution in [-0.4, -0.2) is 23.0 Å². The van der Waals surface area contributed by atoms with Gasteiger partial charge in [-0.15, -0.1) is 0 Å². The minimum Gasteiger partial charge on any atom is -0.481 e. The Labute approximate surface area is 130 Å². The van der Waals surface area contributed by atoms with E-state index in [9.17, 15) is 9.59 Å². The van der Waals surface area contributed by atoms with Crippen LogP contribution in [0.3, 0.4) is 0 Å². The fourth-order valence-electron chi connectivity index (χ4n) is 2.02. The lowest BCUT2D eigenvalue weighted by atomic mass is 10.0. The van der Waals surface area contributed by atoms with Crippen LogP contribution in [0.15, 0.2) is 27.1 Å². The number of amides is 1. The molecular formula is C15H16BrNO4. The highest BCUT2D eigenvalue weighted by Crippen LogP contribution is 2.28. The third-order valence-electron chi connectivity index (χ3n) is 3.60. The molecular weight excluding hydrogens is 338 g/mol. The Morgan fingerprint density at radius 1 is 1.33 bits per heavy atom. The molecule has 1 aromatic heterocycles. The number of benzene rings is 1. The van der Waals surface area contributed by atoms with Crippen LogP contribution in [0, 0.1) is 12.8 Å². The standard InChI is InChI=1S/C15H16BrNO4/c1-7(15(19)20)9(3)17-14(18)13-8(2)11-6-10(16)4-5-12(11)21-13/h4-7,9H,1-3H3,(H,17,18)(H,19,20). The third-order valence-corrected chi connectivity index (χ3v) is 4.10. The summed E-state index contributed by atoms with van der Waals surface area (Å²) in [6, 6.07) is 5.01. The number of furan rings is 1. The summed E-state index contributed by atoms with van der Waals surface area (Å²) in [5, 5.41) is 12.5. The Kier molecular flexibility index (Phi) is 4.37. The number of hydrogen-bond donors (Lipinski definition) is 2. The molecule has 0 fully saturated rings. The van der Waals surface area contributed by atoms with E-state index in [2.05, 4.69) is 21.2 Å². The van der Waals surface area contributed by atoms with Gasteiger partial charge in [0.25, 0.3) is 5.91 Å². The molecule has 1 heterocycles. The van der Waals surface area contributed by atoms with Crippen molar-refractivity contribution in [3.63, 3.8) is 0 Å². The summed E-state index contributed by atoms with van der Waals surface area (Å²) in [5.41, 5.74) is 1.36. The summed E-state index contributed by atoms with van der Waals surface area (Å²) < 4.78 is 6.48. The van der Waals surface area contributed by atoms with Gasteiger partial charge in [-0.1, -0.05) is 15.9 Å². The molecule has 0 saturated carbocycles. The minimum atomic E-state index is -0.951. The van der Waals surface area contributed by atoms with Crippen LogP contribution < -0.4 is 5.32 Å². The molecule has 0 aliphatic heterocycles. The molecule has 0 bridgehead atoms. The van der Waals surface area contributed by atoms with E-state index in [1.807, 2.05) is 12.1 Å². The van der Waals surface area contributed by atoms with Crippen molar-refractivity contribution in [1.29, 1.82) is 0 Å². The molecule has 1 aromatic carbocycles. The monoisotopic (exact) mass is 353 g/mol. The predicted molar refractivity (Wildman–Crippen MR) is 82.4 cm³/mol. The van der Waals surface area contributed by atoms with Crippen LogP contribution in [0.25, 0.3) is 11.0 Å². The number of nitrogens with one attached hydrogen (secondary N) is 1. The van der Waals surface area contributed by atoms with Crippen LogP contribution >= 0.6 is 15.9 Å². The second kappa shape index (κ2) is 5.89. The molecule has 0 spiro atoms. The summed E-state index contributed by atoms with van der Waals surface area (Å²) in [5.74, 6) is -1.81. The molecule has 2 unspecified atom stereocenters. The van der Waals surface area contributed by atoms with E-state index < -0.39 is 23.8 Å². The van der Waals surface area contributed by atoms with Gasteiger partial charge >= 0.3 is 5.97 Å². The number of carboxylic acid groups (broad SMARTS) is 1. The van der Waals surface area contributed by atoms with Gasteiger partial charge in [-0.25, -0.2) is 0 Å². The van der Waals surface area contributed by atoms with Gasteiger partial charge in [-0.3, -0.25) is 9.59 Å². The zero-order valence-corrected chi connectivity index (χ0v) is 13.5. The Balaban J connectivity index is 2.28. The third kappa shape index (κ3) is 3.10. The van der Waals surface area contributed by atoms with Crippen molar-refractivity contribution in [3.8, 4) is 0 Å². The van der Waals surface area contributed by atoms with Crippen molar-refractivity contribution in [2.75, 3.05) is 0 Å². The van der Waals surface area contributed by atoms with Crippen molar-refractivity contribution in [1.82, 2.24) is 5.32 Å². The molecule has 21 heavy (non-hydrogen) atoms. The van der Waals surface area contributed by atoms with E-state index in [4.69, 9.17) is 9.52 Å². The smallest absolute Gasteiger partial charge is 0.308 e. The first-order valence-corrected chi connectivity index (χ1v) is 7.33. The van der Waals surface area contributed by atoms with Crippen molar-refractivity contribution in [2.24, 2.45) is 5.92 Å². The lowest BCUT2D eigenvalue weighted by molar-refractivity contribution is -0.141. The summed E-state index contributed by atoms with van der Waals surface area (Å²) in [6.45, 7) is 5.01. The highest BCUT2D eigenvalue weighted by molar-refractivity contribution is 9.10. The van der Waals surface area contributed by atoms with Crippen molar-refractivity contribution < 1.29 is 19.1 Å². The number of rotatable bonds is 4. The quantitative estimate of drug-likeness (QED) is 0.883. The number of aliphatic carboxylic acids is 1. The Bertz CT molecular complexity index is 707.